The van der Waals surface area contributed by atoms with Crippen LogP contribution in [0.3, 0.4) is 0 Å². The molecule has 5 nitrogen and oxygen atoms in total. The zero-order valence-electron chi connectivity index (χ0n) is 15.8. The molecule has 0 unspecified atom stereocenters. The van der Waals surface area contributed by atoms with Crippen LogP contribution in [-0.2, 0) is 0 Å². The van der Waals surface area contributed by atoms with Gasteiger partial charge in [-0.2, -0.15) is 0 Å². The monoisotopic (exact) mass is 393 g/mol. The fourth-order valence-corrected chi connectivity index (χ4v) is 5.29. The first-order valence-electron chi connectivity index (χ1n) is 9.85. The quantitative estimate of drug-likeness (QED) is 0.719. The Morgan fingerprint density at radius 3 is 2.68 bits per heavy atom. The molecule has 2 aromatic heterocycles. The number of carbonyl (C=O) groups is 1. The maximum atomic E-state index is 12.9. The van der Waals surface area contributed by atoms with Crippen molar-refractivity contribution in [1.29, 1.82) is 0 Å². The maximum Gasteiger partial charge on any atom is 0.287 e. The van der Waals surface area contributed by atoms with Crippen LogP contribution in [0.4, 0.5) is 0 Å². The van der Waals surface area contributed by atoms with E-state index in [-0.39, 0.29) is 11.9 Å². The van der Waals surface area contributed by atoms with Gasteiger partial charge in [0, 0.05) is 34.8 Å². The summed E-state index contributed by atoms with van der Waals surface area (Å²) in [6, 6.07) is 12.2. The Bertz CT molecular complexity index is 971. The third-order valence-corrected chi connectivity index (χ3v) is 6.97. The number of nitrogens with zero attached hydrogens (tertiary/aromatic N) is 2. The van der Waals surface area contributed by atoms with Gasteiger partial charge in [-0.3, -0.25) is 9.69 Å². The molecule has 144 valence electrons. The van der Waals surface area contributed by atoms with Gasteiger partial charge in [0.05, 0.1) is 0 Å². The zero-order valence-corrected chi connectivity index (χ0v) is 16.6. The molecule has 0 saturated carbocycles. The van der Waals surface area contributed by atoms with E-state index in [0.29, 0.717) is 23.5 Å². The van der Waals surface area contributed by atoms with Crippen LogP contribution in [0.25, 0.3) is 21.9 Å². The van der Waals surface area contributed by atoms with Gasteiger partial charge in [-0.25, -0.2) is 4.98 Å². The number of hydrogen-bond acceptors (Lipinski definition) is 5. The Morgan fingerprint density at radius 2 is 1.96 bits per heavy atom. The Balaban J connectivity index is 1.38. The van der Waals surface area contributed by atoms with Crippen LogP contribution in [0.5, 0.6) is 0 Å². The molecule has 2 atom stereocenters. The highest BCUT2D eigenvalue weighted by atomic mass is 32.1. The second-order valence-electron chi connectivity index (χ2n) is 7.66. The maximum absolute atomic E-state index is 12.9. The molecule has 0 radical (unpaired) electrons. The van der Waals surface area contributed by atoms with Crippen molar-refractivity contribution in [2.75, 3.05) is 13.1 Å². The van der Waals surface area contributed by atoms with Crippen molar-refractivity contribution < 1.29 is 9.21 Å². The van der Waals surface area contributed by atoms with Gasteiger partial charge in [0.2, 0.25) is 0 Å². The molecule has 6 rings (SSSR count). The molecule has 5 heterocycles. The third kappa shape index (κ3) is 3.06. The first-order valence-corrected chi connectivity index (χ1v) is 10.7. The lowest BCUT2D eigenvalue weighted by Crippen LogP contribution is -2.62. The van der Waals surface area contributed by atoms with E-state index in [1.165, 1.54) is 12.8 Å². The van der Waals surface area contributed by atoms with E-state index < -0.39 is 0 Å². The minimum absolute atomic E-state index is 0.122. The Labute approximate surface area is 168 Å². The molecule has 1 amide bonds. The summed E-state index contributed by atoms with van der Waals surface area (Å²) in [5.74, 6) is 1.51. The number of amides is 1. The smallest absolute Gasteiger partial charge is 0.287 e. The van der Waals surface area contributed by atoms with Crippen LogP contribution >= 0.6 is 11.3 Å². The van der Waals surface area contributed by atoms with Crippen molar-refractivity contribution in [2.24, 2.45) is 5.92 Å². The van der Waals surface area contributed by atoms with Gasteiger partial charge in [0.1, 0.15) is 10.8 Å². The summed E-state index contributed by atoms with van der Waals surface area (Å²) in [6.45, 7) is 4.52. The molecule has 3 fully saturated rings. The molecule has 2 bridgehead atoms. The van der Waals surface area contributed by atoms with Crippen LogP contribution in [0.2, 0.25) is 0 Å². The highest BCUT2D eigenvalue weighted by molar-refractivity contribution is 7.13. The largest absolute Gasteiger partial charge is 0.451 e. The summed E-state index contributed by atoms with van der Waals surface area (Å²) >= 11 is 1.59. The highest BCUT2D eigenvalue weighted by Crippen LogP contribution is 2.35. The summed E-state index contributed by atoms with van der Waals surface area (Å²) in [7, 11) is 0. The standard InChI is InChI=1S/C22H23N3O2S/c1-14-20(15-8-11-25(14)12-9-15)24-21(26)19-7-6-18(27-19)16-4-2-3-5-17(16)22-23-10-13-28-22/h2-7,10,13-15,20H,8-9,11-12H2,1H3,(H,24,26)/t14-,20-/m0/s1. The Kier molecular flexibility index (Phi) is 4.53. The molecule has 1 aromatic carbocycles. The fourth-order valence-electron chi connectivity index (χ4n) is 4.61. The molecular weight excluding hydrogens is 370 g/mol. The molecule has 3 aliphatic heterocycles. The number of aromatic nitrogens is 1. The van der Waals surface area contributed by atoms with Crippen molar-refractivity contribution in [3.63, 3.8) is 0 Å². The van der Waals surface area contributed by atoms with Crippen LogP contribution < -0.4 is 5.32 Å². The predicted molar refractivity (Wildman–Crippen MR) is 110 cm³/mol. The average Bonchev–Trinajstić information content (AvgIpc) is 3.43. The summed E-state index contributed by atoms with van der Waals surface area (Å²) in [4.78, 5) is 19.7. The molecular formula is C22H23N3O2S. The number of piperidine rings is 3. The topological polar surface area (TPSA) is 58.4 Å². The minimum Gasteiger partial charge on any atom is -0.451 e. The molecule has 0 spiro atoms. The van der Waals surface area contributed by atoms with Crippen LogP contribution in [0.15, 0.2) is 52.4 Å². The second-order valence-corrected chi connectivity index (χ2v) is 8.55. The molecule has 3 aliphatic rings. The van der Waals surface area contributed by atoms with E-state index in [4.69, 9.17) is 4.42 Å². The van der Waals surface area contributed by atoms with Gasteiger partial charge in [-0.1, -0.05) is 24.3 Å². The van der Waals surface area contributed by atoms with Crippen molar-refractivity contribution in [3.8, 4) is 21.9 Å². The van der Waals surface area contributed by atoms with Crippen LogP contribution in [-0.4, -0.2) is 41.0 Å². The van der Waals surface area contributed by atoms with Crippen molar-refractivity contribution in [1.82, 2.24) is 15.2 Å². The van der Waals surface area contributed by atoms with E-state index in [0.717, 1.165) is 29.2 Å². The van der Waals surface area contributed by atoms with E-state index in [9.17, 15) is 4.79 Å². The lowest BCUT2D eigenvalue weighted by Gasteiger charge is -2.49. The number of rotatable bonds is 4. The molecule has 28 heavy (non-hydrogen) atoms. The number of nitrogens with one attached hydrogen (secondary N) is 1. The lowest BCUT2D eigenvalue weighted by atomic mass is 9.79. The molecule has 3 saturated heterocycles. The summed E-state index contributed by atoms with van der Waals surface area (Å²) in [5.41, 5.74) is 1.97. The van der Waals surface area contributed by atoms with E-state index in [1.54, 1.807) is 23.6 Å². The number of fused-ring (bicyclic) bond motifs is 3. The third-order valence-electron chi connectivity index (χ3n) is 6.16. The minimum atomic E-state index is -0.122. The van der Waals surface area contributed by atoms with Gasteiger partial charge in [-0.15, -0.1) is 11.3 Å². The summed E-state index contributed by atoms with van der Waals surface area (Å²) < 4.78 is 5.98. The summed E-state index contributed by atoms with van der Waals surface area (Å²) in [5, 5.41) is 6.14. The first kappa shape index (κ1) is 17.6. The van der Waals surface area contributed by atoms with Gasteiger partial charge in [-0.05, 0) is 50.9 Å². The Morgan fingerprint density at radius 1 is 1.18 bits per heavy atom. The SMILES string of the molecule is C[C@H]1[C@H](NC(=O)c2ccc(-c3ccccc3-c3nccs3)o2)C2CCN1CC2. The number of furan rings is 1. The summed E-state index contributed by atoms with van der Waals surface area (Å²) in [6.07, 6.45) is 4.13. The number of carbonyl (C=O) groups excluding carboxylic acids is 1. The second kappa shape index (κ2) is 7.18. The molecule has 0 aliphatic carbocycles. The lowest BCUT2D eigenvalue weighted by molar-refractivity contribution is 0.0211. The van der Waals surface area contributed by atoms with Crippen LogP contribution in [0, 0.1) is 5.92 Å². The van der Waals surface area contributed by atoms with Crippen molar-refractivity contribution in [3.05, 3.63) is 53.7 Å². The average molecular weight is 394 g/mol. The fraction of sp³-hybridized carbons (Fsp3) is 0.364. The predicted octanol–water partition coefficient (Wildman–Crippen LogP) is 4.28. The zero-order chi connectivity index (χ0) is 19.1. The molecule has 3 aromatic rings. The van der Waals surface area contributed by atoms with E-state index in [2.05, 4.69) is 22.1 Å². The van der Waals surface area contributed by atoms with Crippen molar-refractivity contribution >= 4 is 17.2 Å². The van der Waals surface area contributed by atoms with E-state index in [1.807, 2.05) is 35.7 Å². The number of hydrogen-bond donors (Lipinski definition) is 1. The van der Waals surface area contributed by atoms with E-state index >= 15 is 0 Å². The van der Waals surface area contributed by atoms with Crippen LogP contribution in [0.1, 0.15) is 30.3 Å². The Hall–Kier alpha value is -2.44. The highest BCUT2D eigenvalue weighted by Gasteiger charge is 2.40. The number of benzene rings is 1. The number of thiazole rings is 1. The molecule has 1 N–H and O–H groups in total. The van der Waals surface area contributed by atoms with Gasteiger partial charge in [0.25, 0.3) is 5.91 Å². The van der Waals surface area contributed by atoms with Gasteiger partial charge >= 0.3 is 0 Å². The first-order chi connectivity index (χ1) is 13.7. The molecule has 6 heteroatoms. The van der Waals surface area contributed by atoms with Gasteiger partial charge < -0.3 is 9.73 Å². The van der Waals surface area contributed by atoms with Gasteiger partial charge in [0.15, 0.2) is 5.76 Å². The normalized spacial score (nSPS) is 26.3. The van der Waals surface area contributed by atoms with Crippen molar-refractivity contribution in [2.45, 2.75) is 31.8 Å².